The zero-order valence-corrected chi connectivity index (χ0v) is 17.2. The van der Waals surface area contributed by atoms with Crippen molar-refractivity contribution in [2.45, 2.75) is 13.3 Å². The number of nitrogens with zero attached hydrogens (tertiary/aromatic N) is 3. The van der Waals surface area contributed by atoms with E-state index in [1.54, 1.807) is 12.1 Å². The van der Waals surface area contributed by atoms with Crippen LogP contribution in [-0.2, 0) is 16.0 Å². The summed E-state index contributed by atoms with van der Waals surface area (Å²) in [6.45, 7) is 6.59. The van der Waals surface area contributed by atoms with E-state index in [-0.39, 0.29) is 24.2 Å². The predicted molar refractivity (Wildman–Crippen MR) is 114 cm³/mol. The van der Waals surface area contributed by atoms with E-state index < -0.39 is 0 Å². The molecule has 1 saturated heterocycles. The maximum absolute atomic E-state index is 13.4. The lowest BCUT2D eigenvalue weighted by Gasteiger charge is -2.36. The van der Waals surface area contributed by atoms with E-state index in [9.17, 15) is 14.0 Å². The van der Waals surface area contributed by atoms with E-state index in [0.29, 0.717) is 17.7 Å². The number of amides is 2. The molecule has 2 aliphatic rings. The van der Waals surface area contributed by atoms with Crippen molar-refractivity contribution in [3.05, 3.63) is 77.2 Å². The Morgan fingerprint density at radius 2 is 1.53 bits per heavy atom. The predicted octanol–water partition coefficient (Wildman–Crippen LogP) is 2.79. The van der Waals surface area contributed by atoms with Crippen molar-refractivity contribution in [3.63, 3.8) is 0 Å². The molecule has 0 atom stereocenters. The summed E-state index contributed by atoms with van der Waals surface area (Å²) in [5, 5.41) is 0. The van der Waals surface area contributed by atoms with Crippen molar-refractivity contribution >= 4 is 17.4 Å². The minimum absolute atomic E-state index is 0.231. The second kappa shape index (κ2) is 8.79. The third-order valence-corrected chi connectivity index (χ3v) is 5.88. The molecule has 2 aliphatic heterocycles. The zero-order valence-electron chi connectivity index (χ0n) is 17.2. The van der Waals surface area contributed by atoms with Crippen molar-refractivity contribution in [1.29, 1.82) is 0 Å². The molecule has 30 heavy (non-hydrogen) atoms. The van der Waals surface area contributed by atoms with Crippen molar-refractivity contribution in [2.75, 3.05) is 39.3 Å². The lowest BCUT2D eigenvalue weighted by atomic mass is 10.0. The number of hydrogen-bond acceptors (Lipinski definition) is 4. The molecule has 2 aromatic carbocycles. The number of hydrogen-bond donors (Lipinski definition) is 0. The molecule has 0 saturated carbocycles. The Kier molecular flexibility index (Phi) is 5.95. The van der Waals surface area contributed by atoms with Crippen LogP contribution in [0.1, 0.15) is 18.1 Å². The molecule has 0 unspecified atom stereocenters. The molecule has 6 heteroatoms. The number of carbonyl (C=O) groups excluding carboxylic acids is 2. The summed E-state index contributed by atoms with van der Waals surface area (Å²) in [7, 11) is 0. The van der Waals surface area contributed by atoms with Gasteiger partial charge in [0, 0.05) is 32.7 Å². The van der Waals surface area contributed by atoms with Gasteiger partial charge in [0.15, 0.2) is 0 Å². The van der Waals surface area contributed by atoms with Gasteiger partial charge in [-0.15, -0.1) is 0 Å². The van der Waals surface area contributed by atoms with Crippen LogP contribution in [0.4, 0.5) is 4.39 Å². The lowest BCUT2D eigenvalue weighted by Crippen LogP contribution is -2.47. The van der Waals surface area contributed by atoms with Crippen LogP contribution in [0.2, 0.25) is 0 Å². The molecular formula is C24H26FN3O2. The summed E-state index contributed by atoms with van der Waals surface area (Å²) < 4.78 is 13.2. The summed E-state index contributed by atoms with van der Waals surface area (Å²) in [6, 6.07) is 15.6. The van der Waals surface area contributed by atoms with Crippen LogP contribution < -0.4 is 0 Å². The summed E-state index contributed by atoms with van der Waals surface area (Å²) >= 11 is 0. The summed E-state index contributed by atoms with van der Waals surface area (Å²) in [5.41, 5.74) is 2.67. The summed E-state index contributed by atoms with van der Waals surface area (Å²) in [4.78, 5) is 32.4. The van der Waals surface area contributed by atoms with E-state index in [1.165, 1.54) is 17.0 Å². The number of carbonyl (C=O) groups is 2. The third-order valence-electron chi connectivity index (χ3n) is 5.88. The van der Waals surface area contributed by atoms with E-state index in [1.807, 2.05) is 30.3 Å². The van der Waals surface area contributed by atoms with Gasteiger partial charge in [-0.1, -0.05) is 49.4 Å². The van der Waals surface area contributed by atoms with E-state index in [4.69, 9.17) is 0 Å². The number of imide groups is 1. The Morgan fingerprint density at radius 3 is 2.17 bits per heavy atom. The maximum Gasteiger partial charge on any atom is 0.277 e. The molecule has 5 nitrogen and oxygen atoms in total. The normalized spacial score (nSPS) is 17.9. The first-order chi connectivity index (χ1) is 14.6. The molecule has 2 heterocycles. The van der Waals surface area contributed by atoms with Crippen LogP contribution in [0.25, 0.3) is 5.57 Å². The molecule has 156 valence electrons. The highest BCUT2D eigenvalue weighted by Gasteiger charge is 2.41. The van der Waals surface area contributed by atoms with Crippen LogP contribution in [0.15, 0.2) is 60.3 Å². The van der Waals surface area contributed by atoms with E-state index >= 15 is 0 Å². The van der Waals surface area contributed by atoms with Gasteiger partial charge in [0.05, 0.1) is 5.57 Å². The highest BCUT2D eigenvalue weighted by molar-refractivity contribution is 6.35. The quantitative estimate of drug-likeness (QED) is 0.691. The Bertz CT molecular complexity index is 948. The number of rotatable bonds is 6. The average molecular weight is 407 g/mol. The molecule has 2 aromatic rings. The smallest absolute Gasteiger partial charge is 0.277 e. The average Bonchev–Trinajstić information content (AvgIpc) is 3.03. The van der Waals surface area contributed by atoms with Crippen molar-refractivity contribution < 1.29 is 14.0 Å². The van der Waals surface area contributed by atoms with Crippen molar-refractivity contribution in [2.24, 2.45) is 0 Å². The standard InChI is InChI=1S/C24H26FN3O2/c1-2-26-14-16-27(17-15-26)22-21(19-6-4-3-5-7-19)23(29)28(24(22)30)13-12-18-8-10-20(25)11-9-18/h3-11H,2,12-17H2,1H3. The number of likely N-dealkylation sites (N-methyl/N-ethyl adjacent to an activating group) is 1. The number of halogens is 1. The number of piperazine rings is 1. The largest absolute Gasteiger partial charge is 0.364 e. The van der Waals surface area contributed by atoms with Gasteiger partial charge in [-0.05, 0) is 36.2 Å². The summed E-state index contributed by atoms with van der Waals surface area (Å²) in [5.74, 6) is -0.777. The van der Waals surface area contributed by atoms with E-state index in [0.717, 1.165) is 43.9 Å². The van der Waals surface area contributed by atoms with Crippen LogP contribution in [0.5, 0.6) is 0 Å². The van der Waals surface area contributed by atoms with Crippen LogP contribution in [0.3, 0.4) is 0 Å². The van der Waals surface area contributed by atoms with Gasteiger partial charge in [0.2, 0.25) is 0 Å². The minimum Gasteiger partial charge on any atom is -0.364 e. The fourth-order valence-electron chi connectivity index (χ4n) is 4.10. The van der Waals surface area contributed by atoms with Crippen LogP contribution >= 0.6 is 0 Å². The van der Waals surface area contributed by atoms with Crippen LogP contribution in [0, 0.1) is 5.82 Å². The molecule has 0 radical (unpaired) electrons. The van der Waals surface area contributed by atoms with Gasteiger partial charge >= 0.3 is 0 Å². The van der Waals surface area contributed by atoms with Crippen molar-refractivity contribution in [1.82, 2.24) is 14.7 Å². The summed E-state index contributed by atoms with van der Waals surface area (Å²) in [6.07, 6.45) is 0.497. The minimum atomic E-state index is -0.298. The lowest BCUT2D eigenvalue weighted by molar-refractivity contribution is -0.137. The molecule has 2 amide bonds. The highest BCUT2D eigenvalue weighted by Crippen LogP contribution is 2.32. The van der Waals surface area contributed by atoms with Gasteiger partial charge in [0.25, 0.3) is 11.8 Å². The molecule has 0 N–H and O–H groups in total. The van der Waals surface area contributed by atoms with Crippen molar-refractivity contribution in [3.8, 4) is 0 Å². The molecule has 1 fully saturated rings. The van der Waals surface area contributed by atoms with Gasteiger partial charge < -0.3 is 9.80 Å². The first-order valence-corrected chi connectivity index (χ1v) is 10.5. The SMILES string of the molecule is CCN1CCN(C2=C(c3ccccc3)C(=O)N(CCc3ccc(F)cc3)C2=O)CC1. The first-order valence-electron chi connectivity index (χ1n) is 10.5. The maximum atomic E-state index is 13.4. The molecule has 0 aromatic heterocycles. The molecule has 0 aliphatic carbocycles. The Balaban J connectivity index is 1.60. The van der Waals surface area contributed by atoms with Gasteiger partial charge in [-0.25, -0.2) is 4.39 Å². The topological polar surface area (TPSA) is 43.9 Å². The monoisotopic (exact) mass is 407 g/mol. The molecular weight excluding hydrogens is 381 g/mol. The fourth-order valence-corrected chi connectivity index (χ4v) is 4.10. The Morgan fingerprint density at radius 1 is 0.867 bits per heavy atom. The fraction of sp³-hybridized carbons (Fsp3) is 0.333. The molecule has 0 bridgehead atoms. The van der Waals surface area contributed by atoms with Crippen LogP contribution in [-0.4, -0.2) is 65.8 Å². The van der Waals surface area contributed by atoms with Gasteiger partial charge in [-0.3, -0.25) is 14.5 Å². The first kappa shape index (κ1) is 20.3. The molecule has 4 rings (SSSR count). The second-order valence-corrected chi connectivity index (χ2v) is 7.65. The Labute approximate surface area is 176 Å². The Hall–Kier alpha value is -2.99. The zero-order chi connectivity index (χ0) is 21.1. The third kappa shape index (κ3) is 4.00. The second-order valence-electron chi connectivity index (χ2n) is 7.65. The van der Waals surface area contributed by atoms with E-state index in [2.05, 4.69) is 16.7 Å². The van der Waals surface area contributed by atoms with Gasteiger partial charge in [0.1, 0.15) is 11.5 Å². The molecule has 0 spiro atoms. The van der Waals surface area contributed by atoms with Gasteiger partial charge in [-0.2, -0.15) is 0 Å². The highest BCUT2D eigenvalue weighted by atomic mass is 19.1. The number of benzene rings is 2.